The van der Waals surface area contributed by atoms with E-state index in [1.807, 2.05) is 29.2 Å². The van der Waals surface area contributed by atoms with Crippen LogP contribution in [0.4, 0.5) is 0 Å². The highest BCUT2D eigenvalue weighted by Gasteiger charge is 2.27. The van der Waals surface area contributed by atoms with Crippen molar-refractivity contribution in [3.63, 3.8) is 0 Å². The van der Waals surface area contributed by atoms with Crippen molar-refractivity contribution in [3.05, 3.63) is 78.5 Å². The molecule has 3 aromatic rings. The second-order valence-corrected chi connectivity index (χ2v) is 7.76. The van der Waals surface area contributed by atoms with Crippen molar-refractivity contribution in [2.24, 2.45) is 0 Å². The molecule has 6 heteroatoms. The number of likely N-dealkylation sites (tertiary alicyclic amines) is 1. The summed E-state index contributed by atoms with van der Waals surface area (Å²) in [5, 5.41) is 0. The predicted octanol–water partition coefficient (Wildman–Crippen LogP) is 5.41. The van der Waals surface area contributed by atoms with Crippen LogP contribution < -0.4 is 14.2 Å². The summed E-state index contributed by atoms with van der Waals surface area (Å²) in [6.45, 7) is 0.753. The maximum atomic E-state index is 13.1. The molecule has 1 aromatic heterocycles. The van der Waals surface area contributed by atoms with Gasteiger partial charge in [-0.25, -0.2) is 4.98 Å². The summed E-state index contributed by atoms with van der Waals surface area (Å²) in [4.78, 5) is 19.2. The van der Waals surface area contributed by atoms with Gasteiger partial charge >= 0.3 is 0 Å². The molecule has 1 aliphatic rings. The van der Waals surface area contributed by atoms with E-state index in [9.17, 15) is 4.79 Å². The number of amides is 1. The first-order chi connectivity index (χ1) is 15.7. The fourth-order valence-corrected chi connectivity index (χ4v) is 3.94. The lowest BCUT2D eigenvalue weighted by Crippen LogP contribution is -2.38. The number of methoxy groups -OCH3 is 1. The van der Waals surface area contributed by atoms with Crippen molar-refractivity contribution in [1.29, 1.82) is 0 Å². The molecule has 2 heterocycles. The van der Waals surface area contributed by atoms with Gasteiger partial charge in [0.25, 0.3) is 5.91 Å². The highest BCUT2D eigenvalue weighted by Crippen LogP contribution is 2.31. The molecule has 1 unspecified atom stereocenters. The number of aromatic nitrogens is 1. The van der Waals surface area contributed by atoms with Crippen LogP contribution in [0.25, 0.3) is 0 Å². The highest BCUT2D eigenvalue weighted by molar-refractivity contribution is 5.78. The third-order valence-electron chi connectivity index (χ3n) is 5.62. The van der Waals surface area contributed by atoms with Gasteiger partial charge in [-0.1, -0.05) is 31.0 Å². The molecule has 0 radical (unpaired) electrons. The zero-order valence-electron chi connectivity index (χ0n) is 18.3. The van der Waals surface area contributed by atoms with Gasteiger partial charge < -0.3 is 19.1 Å². The largest absolute Gasteiger partial charge is 0.497 e. The van der Waals surface area contributed by atoms with E-state index in [0.717, 1.165) is 43.5 Å². The first kappa shape index (κ1) is 21.7. The number of carbonyl (C=O) groups excluding carboxylic acids is 1. The normalized spacial score (nSPS) is 16.2. The number of ether oxygens (including phenoxy) is 3. The summed E-state index contributed by atoms with van der Waals surface area (Å²) in [7, 11) is 1.66. The van der Waals surface area contributed by atoms with Crippen LogP contribution in [0.15, 0.2) is 72.9 Å². The molecule has 0 saturated carbocycles. The van der Waals surface area contributed by atoms with E-state index in [-0.39, 0.29) is 18.6 Å². The Kier molecular flexibility index (Phi) is 7.23. The standard InChI is InChI=1S/C26H28N2O4/c1-30-21-11-9-20(10-12-21)24-7-3-2-6-18-28(24)26(29)19-31-22-13-15-23(16-14-22)32-25-8-4-5-17-27-25/h4-5,8-17,24H,2-3,6-7,18-19H2,1H3. The Morgan fingerprint density at radius 3 is 2.41 bits per heavy atom. The van der Waals surface area contributed by atoms with E-state index >= 15 is 0 Å². The Hall–Kier alpha value is -3.54. The number of carbonyl (C=O) groups is 1. The van der Waals surface area contributed by atoms with Crippen LogP contribution in [-0.4, -0.2) is 36.1 Å². The minimum atomic E-state index is 0.00142. The fourth-order valence-electron chi connectivity index (χ4n) is 3.94. The van der Waals surface area contributed by atoms with Gasteiger partial charge in [0.2, 0.25) is 5.88 Å². The Morgan fingerprint density at radius 2 is 1.69 bits per heavy atom. The van der Waals surface area contributed by atoms with Crippen LogP contribution in [0.3, 0.4) is 0 Å². The molecule has 32 heavy (non-hydrogen) atoms. The fraction of sp³-hybridized carbons (Fsp3) is 0.308. The molecule has 166 valence electrons. The Morgan fingerprint density at radius 1 is 0.938 bits per heavy atom. The van der Waals surface area contributed by atoms with Crippen molar-refractivity contribution in [2.75, 3.05) is 20.3 Å². The van der Waals surface area contributed by atoms with E-state index < -0.39 is 0 Å². The van der Waals surface area contributed by atoms with Crippen molar-refractivity contribution >= 4 is 5.91 Å². The molecule has 6 nitrogen and oxygen atoms in total. The summed E-state index contributed by atoms with van der Waals surface area (Å²) in [6.07, 6.45) is 5.89. The summed E-state index contributed by atoms with van der Waals surface area (Å²) >= 11 is 0. The van der Waals surface area contributed by atoms with Crippen LogP contribution >= 0.6 is 0 Å². The van der Waals surface area contributed by atoms with Crippen molar-refractivity contribution in [1.82, 2.24) is 9.88 Å². The smallest absolute Gasteiger partial charge is 0.261 e. The predicted molar refractivity (Wildman–Crippen MR) is 122 cm³/mol. The molecule has 1 aliphatic heterocycles. The second-order valence-electron chi connectivity index (χ2n) is 7.76. The van der Waals surface area contributed by atoms with Gasteiger partial charge in [0.05, 0.1) is 13.2 Å². The Labute approximate surface area is 188 Å². The highest BCUT2D eigenvalue weighted by atomic mass is 16.5. The van der Waals surface area contributed by atoms with Gasteiger partial charge in [0.15, 0.2) is 6.61 Å². The molecule has 1 fully saturated rings. The number of rotatable bonds is 7. The lowest BCUT2D eigenvalue weighted by molar-refractivity contribution is -0.135. The number of hydrogen-bond donors (Lipinski definition) is 0. The zero-order valence-corrected chi connectivity index (χ0v) is 18.3. The molecule has 4 rings (SSSR count). The molecular formula is C26H28N2O4. The number of benzene rings is 2. The van der Waals surface area contributed by atoms with Gasteiger partial charge in [-0.05, 0) is 60.9 Å². The van der Waals surface area contributed by atoms with Crippen LogP contribution in [0, 0.1) is 0 Å². The van der Waals surface area contributed by atoms with Gasteiger partial charge in [0, 0.05) is 18.8 Å². The monoisotopic (exact) mass is 432 g/mol. The molecular weight excluding hydrogens is 404 g/mol. The number of nitrogens with zero attached hydrogens (tertiary/aromatic N) is 2. The zero-order chi connectivity index (χ0) is 22.2. The summed E-state index contributed by atoms with van der Waals surface area (Å²) in [5.41, 5.74) is 1.14. The molecule has 0 N–H and O–H groups in total. The van der Waals surface area contributed by atoms with Gasteiger partial charge in [0.1, 0.15) is 17.2 Å². The molecule has 1 atom stereocenters. The van der Waals surface area contributed by atoms with Crippen LogP contribution in [0.1, 0.15) is 37.3 Å². The van der Waals surface area contributed by atoms with E-state index in [0.29, 0.717) is 17.4 Å². The second kappa shape index (κ2) is 10.7. The minimum absolute atomic E-state index is 0.00142. The molecule has 0 bridgehead atoms. The van der Waals surface area contributed by atoms with E-state index in [2.05, 4.69) is 17.1 Å². The van der Waals surface area contributed by atoms with E-state index in [1.54, 1.807) is 43.6 Å². The molecule has 1 saturated heterocycles. The summed E-state index contributed by atoms with van der Waals surface area (Å²) < 4.78 is 16.8. The van der Waals surface area contributed by atoms with Gasteiger partial charge in [-0.2, -0.15) is 0 Å². The minimum Gasteiger partial charge on any atom is -0.497 e. The van der Waals surface area contributed by atoms with Crippen LogP contribution in [0.5, 0.6) is 23.1 Å². The Balaban J connectivity index is 1.37. The lowest BCUT2D eigenvalue weighted by Gasteiger charge is -2.30. The third kappa shape index (κ3) is 5.58. The topological polar surface area (TPSA) is 60.9 Å². The average molecular weight is 433 g/mol. The van der Waals surface area contributed by atoms with Gasteiger partial charge in [-0.3, -0.25) is 4.79 Å². The van der Waals surface area contributed by atoms with E-state index in [1.165, 1.54) is 0 Å². The van der Waals surface area contributed by atoms with E-state index in [4.69, 9.17) is 14.2 Å². The first-order valence-electron chi connectivity index (χ1n) is 11.0. The summed E-state index contributed by atoms with van der Waals surface area (Å²) in [5.74, 6) is 2.64. The van der Waals surface area contributed by atoms with Crippen LogP contribution in [0.2, 0.25) is 0 Å². The maximum absolute atomic E-state index is 13.1. The number of hydrogen-bond acceptors (Lipinski definition) is 5. The summed E-state index contributed by atoms with van der Waals surface area (Å²) in [6, 6.07) is 20.8. The molecule has 0 spiro atoms. The number of pyridine rings is 1. The average Bonchev–Trinajstić information content (AvgIpc) is 3.10. The first-order valence-corrected chi connectivity index (χ1v) is 11.0. The van der Waals surface area contributed by atoms with Crippen LogP contribution in [-0.2, 0) is 4.79 Å². The SMILES string of the molecule is COc1ccc(C2CCCCCN2C(=O)COc2ccc(Oc3ccccn3)cc2)cc1. The maximum Gasteiger partial charge on any atom is 0.261 e. The van der Waals surface area contributed by atoms with Crippen molar-refractivity contribution in [2.45, 2.75) is 31.7 Å². The third-order valence-corrected chi connectivity index (χ3v) is 5.62. The molecule has 2 aromatic carbocycles. The van der Waals surface area contributed by atoms with Crippen molar-refractivity contribution in [3.8, 4) is 23.1 Å². The van der Waals surface area contributed by atoms with Gasteiger partial charge in [-0.15, -0.1) is 0 Å². The van der Waals surface area contributed by atoms with Crippen molar-refractivity contribution < 1.29 is 19.0 Å². The molecule has 1 amide bonds. The molecule has 0 aliphatic carbocycles. The Bertz CT molecular complexity index is 991. The lowest BCUT2D eigenvalue weighted by atomic mass is 10.0. The quantitative estimate of drug-likeness (QED) is 0.500.